The molecule has 0 fully saturated rings. The fourth-order valence-corrected chi connectivity index (χ4v) is 4.75. The van der Waals surface area contributed by atoms with Crippen LogP contribution in [0.25, 0.3) is 0 Å². The summed E-state index contributed by atoms with van der Waals surface area (Å²) >= 11 is 7.01. The molecule has 0 bridgehead atoms. The maximum atomic E-state index is 12.3. The summed E-state index contributed by atoms with van der Waals surface area (Å²) in [5, 5.41) is 7.41. The first-order valence-electron chi connectivity index (χ1n) is 9.06. The number of aryl methyl sites for hydroxylation is 1. The zero-order chi connectivity index (χ0) is 20.3. The number of thiocarbonyl (C=S) groups is 1. The summed E-state index contributed by atoms with van der Waals surface area (Å²) in [5.41, 5.74) is 3.28. The second-order valence-corrected chi connectivity index (χ2v) is 8.12. The Morgan fingerprint density at radius 3 is 2.46 bits per heavy atom. The van der Waals surface area contributed by atoms with Gasteiger partial charge < -0.3 is 20.3 Å². The molecule has 6 nitrogen and oxygen atoms in total. The molecule has 2 N–H and O–H groups in total. The Balaban J connectivity index is 1.74. The van der Waals surface area contributed by atoms with E-state index in [-0.39, 0.29) is 11.9 Å². The number of nitrogens with one attached hydrogen (secondary N) is 2. The van der Waals surface area contributed by atoms with E-state index in [4.69, 9.17) is 17.0 Å². The normalized spacial score (nSPS) is 12.7. The molecule has 1 aliphatic carbocycles. The monoisotopic (exact) mass is 417 g/mol. The first-order chi connectivity index (χ1) is 13.4. The summed E-state index contributed by atoms with van der Waals surface area (Å²) in [5.74, 6) is -0.365. The van der Waals surface area contributed by atoms with Crippen LogP contribution in [0.1, 0.15) is 40.6 Å². The van der Waals surface area contributed by atoms with Crippen molar-refractivity contribution in [2.45, 2.75) is 32.6 Å². The van der Waals surface area contributed by atoms with Crippen molar-refractivity contribution >= 4 is 56.9 Å². The number of benzene rings is 1. The third-order valence-corrected chi connectivity index (χ3v) is 6.18. The predicted molar refractivity (Wildman–Crippen MR) is 118 cm³/mol. The highest BCUT2D eigenvalue weighted by Gasteiger charge is 2.26. The third-order valence-electron chi connectivity index (χ3n) is 4.77. The molecule has 8 heteroatoms. The average molecular weight is 418 g/mol. The van der Waals surface area contributed by atoms with Gasteiger partial charge in [-0.15, -0.1) is 11.3 Å². The highest BCUT2D eigenvalue weighted by Crippen LogP contribution is 2.38. The van der Waals surface area contributed by atoms with Crippen LogP contribution in [0.5, 0.6) is 0 Å². The van der Waals surface area contributed by atoms with E-state index in [9.17, 15) is 9.59 Å². The molecule has 0 radical (unpaired) electrons. The number of methoxy groups -OCH3 is 1. The van der Waals surface area contributed by atoms with E-state index >= 15 is 0 Å². The zero-order valence-corrected chi connectivity index (χ0v) is 17.8. The molecular weight excluding hydrogens is 394 g/mol. The van der Waals surface area contributed by atoms with E-state index in [2.05, 4.69) is 10.6 Å². The number of rotatable bonds is 4. The van der Waals surface area contributed by atoms with E-state index in [1.54, 1.807) is 23.3 Å². The number of fused-ring (bicyclic) bond motifs is 1. The fraction of sp³-hybridized carbons (Fsp3) is 0.350. The summed E-state index contributed by atoms with van der Waals surface area (Å²) in [6.45, 7) is 1.52. The Kier molecular flexibility index (Phi) is 6.31. The lowest BCUT2D eigenvalue weighted by molar-refractivity contribution is -0.116. The molecule has 0 aliphatic heterocycles. The highest BCUT2D eigenvalue weighted by atomic mass is 32.1. The quantitative estimate of drug-likeness (QED) is 0.574. The molecule has 1 heterocycles. The van der Waals surface area contributed by atoms with Crippen molar-refractivity contribution < 1.29 is 14.3 Å². The van der Waals surface area contributed by atoms with Gasteiger partial charge in [-0.25, -0.2) is 4.79 Å². The lowest BCUT2D eigenvalue weighted by Gasteiger charge is -2.16. The molecule has 148 valence electrons. The first kappa shape index (κ1) is 20.3. The second-order valence-electron chi connectivity index (χ2n) is 6.61. The van der Waals surface area contributed by atoms with Gasteiger partial charge in [0.25, 0.3) is 0 Å². The standard InChI is InChI=1S/C20H23N3O3S2/c1-12(24)23(2)14-10-8-13(9-11-14)21-20(27)22-18-17(19(25)26-3)15-6-4-5-7-16(15)28-18/h8-11H,4-7H2,1-3H3,(H2,21,22,27). The molecule has 0 spiro atoms. The van der Waals surface area contributed by atoms with Gasteiger partial charge in [0.05, 0.1) is 12.7 Å². The van der Waals surface area contributed by atoms with Crippen LogP contribution in [0.3, 0.4) is 0 Å². The number of carbonyl (C=O) groups is 2. The van der Waals surface area contributed by atoms with Gasteiger partial charge in [0.1, 0.15) is 5.00 Å². The number of esters is 1. The first-order valence-corrected chi connectivity index (χ1v) is 10.3. The van der Waals surface area contributed by atoms with Crippen LogP contribution < -0.4 is 15.5 Å². The van der Waals surface area contributed by atoms with Crippen LogP contribution in [0.2, 0.25) is 0 Å². The number of hydrogen-bond donors (Lipinski definition) is 2. The van der Waals surface area contributed by atoms with Crippen LogP contribution in [0.15, 0.2) is 24.3 Å². The SMILES string of the molecule is COC(=O)c1c(NC(=S)Nc2ccc(N(C)C(C)=O)cc2)sc2c1CCCC2. The Hall–Kier alpha value is -2.45. The lowest BCUT2D eigenvalue weighted by atomic mass is 9.95. The van der Waals surface area contributed by atoms with E-state index < -0.39 is 0 Å². The molecule has 1 aromatic heterocycles. The molecule has 0 saturated carbocycles. The Bertz CT molecular complexity index is 906. The number of thiophene rings is 1. The van der Waals surface area contributed by atoms with Gasteiger partial charge in [-0.3, -0.25) is 4.79 Å². The molecule has 0 atom stereocenters. The fourth-order valence-electron chi connectivity index (χ4n) is 3.19. The third kappa shape index (κ3) is 4.34. The van der Waals surface area contributed by atoms with Crippen molar-refractivity contribution in [3.8, 4) is 0 Å². The predicted octanol–water partition coefficient (Wildman–Crippen LogP) is 4.21. The minimum atomic E-state index is -0.332. The van der Waals surface area contributed by atoms with Crippen LogP contribution in [0, 0.1) is 0 Å². The van der Waals surface area contributed by atoms with Gasteiger partial charge in [-0.2, -0.15) is 0 Å². The van der Waals surface area contributed by atoms with Gasteiger partial charge in [-0.1, -0.05) is 0 Å². The van der Waals surface area contributed by atoms with Crippen LogP contribution in [-0.4, -0.2) is 31.1 Å². The van der Waals surface area contributed by atoms with Gasteiger partial charge in [0.15, 0.2) is 5.11 Å². The second kappa shape index (κ2) is 8.70. The van der Waals surface area contributed by atoms with E-state index in [0.717, 1.165) is 47.6 Å². The molecular formula is C20H23N3O3S2. The van der Waals surface area contributed by atoms with Gasteiger partial charge >= 0.3 is 5.97 Å². The summed E-state index contributed by atoms with van der Waals surface area (Å²) in [6.07, 6.45) is 4.09. The molecule has 0 unspecified atom stereocenters. The number of amides is 1. The Morgan fingerprint density at radius 1 is 1.14 bits per heavy atom. The van der Waals surface area contributed by atoms with Gasteiger partial charge in [0, 0.05) is 30.2 Å². The number of anilines is 3. The van der Waals surface area contributed by atoms with E-state index in [1.807, 2.05) is 24.3 Å². The van der Waals surface area contributed by atoms with E-state index in [1.165, 1.54) is 18.9 Å². The number of ether oxygens (including phenoxy) is 1. The maximum Gasteiger partial charge on any atom is 0.341 e. The molecule has 0 saturated heterocycles. The number of hydrogen-bond acceptors (Lipinski definition) is 5. The van der Waals surface area contributed by atoms with Crippen molar-refractivity contribution in [2.75, 3.05) is 29.7 Å². The van der Waals surface area contributed by atoms with Crippen molar-refractivity contribution in [3.63, 3.8) is 0 Å². The topological polar surface area (TPSA) is 70.7 Å². The molecule has 1 aliphatic rings. The summed E-state index contributed by atoms with van der Waals surface area (Å²) in [7, 11) is 3.12. The molecule has 28 heavy (non-hydrogen) atoms. The zero-order valence-electron chi connectivity index (χ0n) is 16.1. The Morgan fingerprint density at radius 2 is 1.82 bits per heavy atom. The highest BCUT2D eigenvalue weighted by molar-refractivity contribution is 7.80. The van der Waals surface area contributed by atoms with Crippen LogP contribution in [0.4, 0.5) is 16.4 Å². The molecule has 2 aromatic rings. The van der Waals surface area contributed by atoms with Crippen molar-refractivity contribution in [2.24, 2.45) is 0 Å². The molecule has 3 rings (SSSR count). The largest absolute Gasteiger partial charge is 0.465 e. The smallest absolute Gasteiger partial charge is 0.341 e. The summed E-state index contributed by atoms with van der Waals surface area (Å²) < 4.78 is 4.99. The average Bonchev–Trinajstić information content (AvgIpc) is 3.04. The lowest BCUT2D eigenvalue weighted by Crippen LogP contribution is -2.23. The van der Waals surface area contributed by atoms with Gasteiger partial charge in [-0.05, 0) is 67.7 Å². The van der Waals surface area contributed by atoms with Gasteiger partial charge in [0.2, 0.25) is 5.91 Å². The van der Waals surface area contributed by atoms with E-state index in [0.29, 0.717) is 10.7 Å². The Labute approximate surface area is 173 Å². The minimum absolute atomic E-state index is 0.0325. The minimum Gasteiger partial charge on any atom is -0.465 e. The van der Waals surface area contributed by atoms with Crippen molar-refractivity contribution in [3.05, 3.63) is 40.3 Å². The van der Waals surface area contributed by atoms with Crippen molar-refractivity contribution in [1.82, 2.24) is 0 Å². The van der Waals surface area contributed by atoms with Crippen molar-refractivity contribution in [1.29, 1.82) is 0 Å². The number of nitrogens with zero attached hydrogens (tertiary/aromatic N) is 1. The molecule has 1 amide bonds. The van der Waals surface area contributed by atoms with Crippen LogP contribution in [-0.2, 0) is 22.4 Å². The number of carbonyl (C=O) groups excluding carboxylic acids is 2. The molecule has 1 aromatic carbocycles. The maximum absolute atomic E-state index is 12.3. The summed E-state index contributed by atoms with van der Waals surface area (Å²) in [6, 6.07) is 7.39. The summed E-state index contributed by atoms with van der Waals surface area (Å²) in [4.78, 5) is 26.6. The van der Waals surface area contributed by atoms with Crippen LogP contribution >= 0.6 is 23.6 Å².